The van der Waals surface area contributed by atoms with Gasteiger partial charge in [-0.05, 0) is 56.3 Å². The Labute approximate surface area is 179 Å². The molecule has 2 rings (SSSR count). The zero-order valence-corrected chi connectivity index (χ0v) is 18.0. The predicted molar refractivity (Wildman–Crippen MR) is 112 cm³/mol. The number of unbranched alkanes of at least 4 members (excludes halogenated alkanes) is 3. The predicted octanol–water partition coefficient (Wildman–Crippen LogP) is 4.69. The summed E-state index contributed by atoms with van der Waals surface area (Å²) in [6.45, 7) is -0.344. The van der Waals surface area contributed by atoms with E-state index < -0.39 is 18.2 Å². The highest BCUT2D eigenvalue weighted by atomic mass is 35.5. The van der Waals surface area contributed by atoms with Gasteiger partial charge in [0.15, 0.2) is 0 Å². The molecule has 29 heavy (non-hydrogen) atoms. The van der Waals surface area contributed by atoms with Crippen LogP contribution in [-0.4, -0.2) is 45.5 Å². The highest BCUT2D eigenvalue weighted by Crippen LogP contribution is 2.48. The van der Waals surface area contributed by atoms with Crippen molar-refractivity contribution in [3.8, 4) is 11.8 Å². The second kappa shape index (κ2) is 12.1. The number of hydrogen-bond donors (Lipinski definition) is 3. The molecule has 0 saturated heterocycles. The van der Waals surface area contributed by atoms with Crippen molar-refractivity contribution in [3.05, 3.63) is 0 Å². The first kappa shape index (κ1) is 24.4. The van der Waals surface area contributed by atoms with Crippen LogP contribution in [0.15, 0.2) is 0 Å². The SMILES string of the molecule is O=C(O)CCCCCC[C@@H]1[C@@H](C#CCC(O)C2(CCCF)CCC2)[C@H](O)C[C@H]1Cl. The average molecular weight is 431 g/mol. The Bertz CT molecular complexity index is 569. The molecule has 3 N–H and O–H groups in total. The van der Waals surface area contributed by atoms with Crippen LogP contribution in [0.1, 0.15) is 83.5 Å². The van der Waals surface area contributed by atoms with Crippen molar-refractivity contribution in [3.63, 3.8) is 0 Å². The van der Waals surface area contributed by atoms with Crippen LogP contribution in [0.4, 0.5) is 4.39 Å². The number of halogens is 2. The summed E-state index contributed by atoms with van der Waals surface area (Å²) in [5, 5.41) is 29.6. The monoisotopic (exact) mass is 430 g/mol. The molecule has 0 aromatic rings. The summed E-state index contributed by atoms with van der Waals surface area (Å²) in [4.78, 5) is 10.6. The Morgan fingerprint density at radius 3 is 2.55 bits per heavy atom. The maximum Gasteiger partial charge on any atom is 0.303 e. The quantitative estimate of drug-likeness (QED) is 0.238. The summed E-state index contributed by atoms with van der Waals surface area (Å²) >= 11 is 6.46. The molecule has 0 radical (unpaired) electrons. The molecule has 2 aliphatic rings. The summed E-state index contributed by atoms with van der Waals surface area (Å²) in [6, 6.07) is 0. The summed E-state index contributed by atoms with van der Waals surface area (Å²) in [5.41, 5.74) is -0.167. The topological polar surface area (TPSA) is 77.8 Å². The van der Waals surface area contributed by atoms with Gasteiger partial charge in [0.1, 0.15) is 0 Å². The molecule has 0 aromatic heterocycles. The number of carboxylic acids is 1. The van der Waals surface area contributed by atoms with Crippen LogP contribution in [-0.2, 0) is 4.79 Å². The molecule has 4 nitrogen and oxygen atoms in total. The van der Waals surface area contributed by atoms with Gasteiger partial charge in [0.2, 0.25) is 0 Å². The smallest absolute Gasteiger partial charge is 0.303 e. The van der Waals surface area contributed by atoms with Crippen molar-refractivity contribution in [2.45, 2.75) is 101 Å². The Kier molecular flexibility index (Phi) is 10.2. The van der Waals surface area contributed by atoms with Gasteiger partial charge in [-0.2, -0.15) is 0 Å². The van der Waals surface area contributed by atoms with Gasteiger partial charge in [0, 0.05) is 18.2 Å². The number of rotatable bonds is 12. The number of alkyl halides is 2. The summed E-state index contributed by atoms with van der Waals surface area (Å²) in [5.74, 6) is 5.49. The zero-order valence-electron chi connectivity index (χ0n) is 17.3. The van der Waals surface area contributed by atoms with E-state index in [1.165, 1.54) is 0 Å². The molecule has 0 heterocycles. The first-order valence-corrected chi connectivity index (χ1v) is 11.6. The molecule has 2 aliphatic carbocycles. The lowest BCUT2D eigenvalue weighted by atomic mass is 9.62. The maximum absolute atomic E-state index is 12.6. The van der Waals surface area contributed by atoms with Gasteiger partial charge in [-0.25, -0.2) is 0 Å². The summed E-state index contributed by atoms with van der Waals surface area (Å²) in [6.07, 6.45) is 8.58. The fourth-order valence-corrected chi connectivity index (χ4v) is 5.39. The standard InChI is InChI=1S/C23H36ClFO4/c24-19-16-20(26)18(17(19)8-3-1-2-4-11-22(28)29)9-5-10-21(27)23(12-6-13-23)14-7-15-25/h17-21,26-27H,1-4,6-8,10-16H2,(H,28,29)/t17-,18-,19-,20-,21?/m1/s1. The van der Waals surface area contributed by atoms with E-state index in [4.69, 9.17) is 16.7 Å². The highest BCUT2D eigenvalue weighted by Gasteiger charge is 2.43. The second-order valence-corrected chi connectivity index (χ2v) is 9.47. The molecule has 0 amide bonds. The second-order valence-electron chi connectivity index (χ2n) is 8.90. The summed E-state index contributed by atoms with van der Waals surface area (Å²) in [7, 11) is 0. The lowest BCUT2D eigenvalue weighted by molar-refractivity contribution is -0.137. The first-order valence-electron chi connectivity index (χ1n) is 11.2. The van der Waals surface area contributed by atoms with E-state index >= 15 is 0 Å². The number of carboxylic acid groups (broad SMARTS) is 1. The molecule has 0 aliphatic heterocycles. The van der Waals surface area contributed by atoms with Gasteiger partial charge < -0.3 is 15.3 Å². The molecule has 1 unspecified atom stereocenters. The Morgan fingerprint density at radius 1 is 1.21 bits per heavy atom. The molecule has 0 spiro atoms. The van der Waals surface area contributed by atoms with E-state index in [9.17, 15) is 19.4 Å². The van der Waals surface area contributed by atoms with Crippen LogP contribution < -0.4 is 0 Å². The van der Waals surface area contributed by atoms with Crippen molar-refractivity contribution in [2.24, 2.45) is 17.3 Å². The van der Waals surface area contributed by atoms with Gasteiger partial charge >= 0.3 is 5.97 Å². The average Bonchev–Trinajstić information content (AvgIpc) is 2.90. The van der Waals surface area contributed by atoms with Crippen LogP contribution >= 0.6 is 11.6 Å². The Hall–Kier alpha value is -0.830. The van der Waals surface area contributed by atoms with E-state index in [0.717, 1.165) is 44.9 Å². The third-order valence-electron chi connectivity index (χ3n) is 6.91. The van der Waals surface area contributed by atoms with E-state index in [-0.39, 0.29) is 35.7 Å². The lowest BCUT2D eigenvalue weighted by Crippen LogP contribution is -2.41. The number of aliphatic hydroxyl groups is 2. The van der Waals surface area contributed by atoms with Gasteiger partial charge in [0.25, 0.3) is 0 Å². The van der Waals surface area contributed by atoms with Gasteiger partial charge in [-0.1, -0.05) is 31.6 Å². The van der Waals surface area contributed by atoms with Crippen LogP contribution in [0.3, 0.4) is 0 Å². The van der Waals surface area contributed by atoms with E-state index in [1.807, 2.05) is 0 Å². The molecule has 2 saturated carbocycles. The molecular formula is C23H36ClFO4. The molecule has 6 heteroatoms. The Balaban J connectivity index is 1.82. The van der Waals surface area contributed by atoms with Crippen molar-refractivity contribution in [1.82, 2.24) is 0 Å². The van der Waals surface area contributed by atoms with Gasteiger partial charge in [-0.15, -0.1) is 17.5 Å². The van der Waals surface area contributed by atoms with Crippen molar-refractivity contribution < 1.29 is 24.5 Å². The van der Waals surface area contributed by atoms with E-state index in [2.05, 4.69) is 11.8 Å². The largest absolute Gasteiger partial charge is 0.481 e. The first-order chi connectivity index (χ1) is 13.9. The van der Waals surface area contributed by atoms with Crippen molar-refractivity contribution in [2.75, 3.05) is 6.67 Å². The van der Waals surface area contributed by atoms with Crippen molar-refractivity contribution in [1.29, 1.82) is 0 Å². The minimum atomic E-state index is -0.754. The molecule has 2 fully saturated rings. The molecule has 0 bridgehead atoms. The van der Waals surface area contributed by atoms with Gasteiger partial charge in [0.05, 0.1) is 24.8 Å². The van der Waals surface area contributed by atoms with Gasteiger partial charge in [-0.3, -0.25) is 9.18 Å². The fraction of sp³-hybridized carbons (Fsp3) is 0.870. The minimum Gasteiger partial charge on any atom is -0.481 e. The third-order valence-corrected chi connectivity index (χ3v) is 7.42. The van der Waals surface area contributed by atoms with Crippen LogP contribution in [0, 0.1) is 29.1 Å². The van der Waals surface area contributed by atoms with Crippen LogP contribution in [0.25, 0.3) is 0 Å². The van der Waals surface area contributed by atoms with Crippen LogP contribution in [0.5, 0.6) is 0 Å². The fourth-order valence-electron chi connectivity index (χ4n) is 4.93. The van der Waals surface area contributed by atoms with Crippen molar-refractivity contribution >= 4 is 17.6 Å². The highest BCUT2D eigenvalue weighted by molar-refractivity contribution is 6.21. The number of carbonyl (C=O) groups is 1. The van der Waals surface area contributed by atoms with Crippen LogP contribution in [0.2, 0.25) is 0 Å². The lowest BCUT2D eigenvalue weighted by Gasteiger charge is -2.45. The normalized spacial score (nSPS) is 29.0. The number of aliphatic carboxylic acids is 1. The maximum atomic E-state index is 12.6. The molecular weight excluding hydrogens is 395 g/mol. The third kappa shape index (κ3) is 7.12. The Morgan fingerprint density at radius 2 is 1.93 bits per heavy atom. The zero-order chi connectivity index (χ0) is 21.3. The minimum absolute atomic E-state index is 0.101. The van der Waals surface area contributed by atoms with E-state index in [1.54, 1.807) is 0 Å². The molecule has 0 aromatic carbocycles. The molecule has 166 valence electrons. The number of aliphatic hydroxyl groups excluding tert-OH is 2. The van der Waals surface area contributed by atoms with E-state index in [0.29, 0.717) is 32.1 Å². The summed E-state index contributed by atoms with van der Waals surface area (Å²) < 4.78 is 12.6. The number of hydrogen-bond acceptors (Lipinski definition) is 3. The molecule has 5 atom stereocenters.